The van der Waals surface area contributed by atoms with Crippen LogP contribution in [0.25, 0.3) is 0 Å². The van der Waals surface area contributed by atoms with Gasteiger partial charge in [0.1, 0.15) is 6.61 Å². The summed E-state index contributed by atoms with van der Waals surface area (Å²) in [5.41, 5.74) is 1.47. The Balaban J connectivity index is 1.68. The van der Waals surface area contributed by atoms with Gasteiger partial charge in [0.2, 0.25) is 0 Å². The molecule has 0 aromatic heterocycles. The maximum atomic E-state index is 12.0. The number of benzene rings is 1. The van der Waals surface area contributed by atoms with E-state index in [2.05, 4.69) is 19.2 Å². The molecule has 21 heavy (non-hydrogen) atoms. The average molecular weight is 289 g/mol. The number of rotatable bonds is 6. The molecule has 3 nitrogen and oxygen atoms in total. The van der Waals surface area contributed by atoms with E-state index < -0.39 is 0 Å². The summed E-state index contributed by atoms with van der Waals surface area (Å²) in [6, 6.07) is 10.4. The van der Waals surface area contributed by atoms with Crippen LogP contribution in [0.1, 0.15) is 45.6 Å². The van der Waals surface area contributed by atoms with Crippen molar-refractivity contribution in [1.82, 2.24) is 5.32 Å². The Bertz CT molecular complexity index is 456. The van der Waals surface area contributed by atoms with Gasteiger partial charge in [0.05, 0.1) is 5.92 Å². The normalized spacial score (nSPS) is 22.0. The van der Waals surface area contributed by atoms with Gasteiger partial charge in [0, 0.05) is 12.6 Å². The molecule has 0 aliphatic heterocycles. The van der Waals surface area contributed by atoms with Crippen molar-refractivity contribution in [1.29, 1.82) is 0 Å². The monoisotopic (exact) mass is 289 g/mol. The Morgan fingerprint density at radius 2 is 2.10 bits per heavy atom. The van der Waals surface area contributed by atoms with E-state index in [1.807, 2.05) is 37.3 Å². The fourth-order valence-electron chi connectivity index (χ4n) is 2.91. The first-order valence-electron chi connectivity index (χ1n) is 7.90. The molecular weight excluding hydrogens is 262 g/mol. The van der Waals surface area contributed by atoms with Gasteiger partial charge in [-0.2, -0.15) is 0 Å². The minimum Gasteiger partial charge on any atom is -0.461 e. The molecule has 0 amide bonds. The smallest absolute Gasteiger partial charge is 0.310 e. The summed E-state index contributed by atoms with van der Waals surface area (Å²) in [6.07, 6.45) is 3.66. The molecule has 2 atom stereocenters. The number of carbonyl (C=O) groups excluding carboxylic acids is 1. The molecule has 116 valence electrons. The predicted octanol–water partition coefficient (Wildman–Crippen LogP) is 3.53. The van der Waals surface area contributed by atoms with Gasteiger partial charge in [-0.25, -0.2) is 0 Å². The minimum absolute atomic E-state index is 0.0996. The molecule has 0 bridgehead atoms. The largest absolute Gasteiger partial charge is 0.461 e. The van der Waals surface area contributed by atoms with Crippen molar-refractivity contribution < 1.29 is 9.53 Å². The van der Waals surface area contributed by atoms with Crippen LogP contribution in [0.5, 0.6) is 0 Å². The number of hydrogen-bond donors (Lipinski definition) is 1. The van der Waals surface area contributed by atoms with Crippen LogP contribution >= 0.6 is 0 Å². The van der Waals surface area contributed by atoms with E-state index in [1.54, 1.807) is 0 Å². The second-order valence-corrected chi connectivity index (χ2v) is 7.01. The molecule has 1 saturated carbocycles. The first kappa shape index (κ1) is 16.0. The van der Waals surface area contributed by atoms with Crippen LogP contribution in [0.3, 0.4) is 0 Å². The van der Waals surface area contributed by atoms with Crippen LogP contribution in [0.2, 0.25) is 0 Å². The summed E-state index contributed by atoms with van der Waals surface area (Å²) in [7, 11) is 0. The van der Waals surface area contributed by atoms with Gasteiger partial charge in [0.25, 0.3) is 0 Å². The number of esters is 1. The summed E-state index contributed by atoms with van der Waals surface area (Å²) in [6.45, 7) is 7.62. The highest BCUT2D eigenvalue weighted by Gasteiger charge is 2.31. The van der Waals surface area contributed by atoms with Gasteiger partial charge >= 0.3 is 5.97 Å². The lowest BCUT2D eigenvalue weighted by molar-refractivity contribution is -0.149. The lowest BCUT2D eigenvalue weighted by Gasteiger charge is -2.19. The summed E-state index contributed by atoms with van der Waals surface area (Å²) in [5, 5.41) is 3.52. The second kappa shape index (κ2) is 7.08. The molecule has 2 unspecified atom stereocenters. The Labute approximate surface area is 128 Å². The van der Waals surface area contributed by atoms with E-state index in [4.69, 9.17) is 4.74 Å². The van der Waals surface area contributed by atoms with Gasteiger partial charge in [-0.15, -0.1) is 0 Å². The van der Waals surface area contributed by atoms with Crippen LogP contribution in [0.15, 0.2) is 30.3 Å². The highest BCUT2D eigenvalue weighted by Crippen LogP contribution is 2.36. The van der Waals surface area contributed by atoms with E-state index in [9.17, 15) is 4.79 Å². The van der Waals surface area contributed by atoms with E-state index in [-0.39, 0.29) is 11.9 Å². The number of hydrogen-bond acceptors (Lipinski definition) is 3. The Kier molecular flexibility index (Phi) is 5.40. The van der Waals surface area contributed by atoms with Crippen LogP contribution < -0.4 is 5.32 Å². The van der Waals surface area contributed by atoms with E-state index >= 15 is 0 Å². The minimum atomic E-state index is -0.122. The maximum absolute atomic E-state index is 12.0. The second-order valence-electron chi connectivity index (χ2n) is 7.01. The first-order valence-corrected chi connectivity index (χ1v) is 7.90. The lowest BCUT2D eigenvalue weighted by Crippen LogP contribution is -2.34. The lowest BCUT2D eigenvalue weighted by atomic mass is 9.92. The maximum Gasteiger partial charge on any atom is 0.310 e. The summed E-state index contributed by atoms with van der Waals surface area (Å²) in [5.74, 6) is -0.221. The molecule has 1 fully saturated rings. The quantitative estimate of drug-likeness (QED) is 0.814. The molecule has 1 aromatic carbocycles. The van der Waals surface area contributed by atoms with Crippen LogP contribution in [0, 0.1) is 11.3 Å². The zero-order chi connectivity index (χ0) is 15.3. The molecule has 1 aliphatic carbocycles. The van der Waals surface area contributed by atoms with Crippen molar-refractivity contribution in [3.63, 3.8) is 0 Å². The molecule has 3 heteroatoms. The molecule has 0 spiro atoms. The summed E-state index contributed by atoms with van der Waals surface area (Å²) < 4.78 is 5.37. The van der Waals surface area contributed by atoms with Crippen LogP contribution in [-0.4, -0.2) is 18.6 Å². The van der Waals surface area contributed by atoms with Gasteiger partial charge in [-0.05, 0) is 30.2 Å². The number of nitrogens with one attached hydrogen (secondary N) is 1. The topological polar surface area (TPSA) is 38.3 Å². The van der Waals surface area contributed by atoms with Crippen molar-refractivity contribution in [2.24, 2.45) is 11.3 Å². The highest BCUT2D eigenvalue weighted by atomic mass is 16.5. The third kappa shape index (κ3) is 5.16. The Morgan fingerprint density at radius 3 is 2.71 bits per heavy atom. The third-order valence-corrected chi connectivity index (χ3v) is 4.31. The van der Waals surface area contributed by atoms with Crippen molar-refractivity contribution in [3.8, 4) is 0 Å². The van der Waals surface area contributed by atoms with Gasteiger partial charge < -0.3 is 10.1 Å². The molecule has 1 N–H and O–H groups in total. The van der Waals surface area contributed by atoms with Crippen molar-refractivity contribution >= 4 is 5.97 Å². The number of ether oxygens (including phenoxy) is 1. The predicted molar refractivity (Wildman–Crippen MR) is 84.8 cm³/mol. The molecule has 1 aromatic rings. The highest BCUT2D eigenvalue weighted by molar-refractivity contribution is 5.72. The fourth-order valence-corrected chi connectivity index (χ4v) is 2.91. The fraction of sp³-hybridized carbons (Fsp3) is 0.611. The van der Waals surface area contributed by atoms with Crippen molar-refractivity contribution in [2.45, 2.75) is 52.7 Å². The third-order valence-electron chi connectivity index (χ3n) is 4.31. The zero-order valence-corrected chi connectivity index (χ0v) is 13.4. The van der Waals surface area contributed by atoms with E-state index in [1.165, 1.54) is 19.3 Å². The molecule has 0 saturated heterocycles. The Morgan fingerprint density at radius 1 is 1.38 bits per heavy atom. The van der Waals surface area contributed by atoms with Crippen molar-refractivity contribution in [2.75, 3.05) is 6.54 Å². The molecule has 0 heterocycles. The van der Waals surface area contributed by atoms with E-state index in [0.717, 1.165) is 5.56 Å². The van der Waals surface area contributed by atoms with Gasteiger partial charge in [-0.3, -0.25) is 4.79 Å². The zero-order valence-electron chi connectivity index (χ0n) is 13.4. The first-order chi connectivity index (χ1) is 9.96. The van der Waals surface area contributed by atoms with Crippen LogP contribution in [-0.2, 0) is 16.1 Å². The molecule has 2 rings (SSSR count). The van der Waals surface area contributed by atoms with Crippen molar-refractivity contribution in [3.05, 3.63) is 35.9 Å². The number of carbonyl (C=O) groups is 1. The van der Waals surface area contributed by atoms with E-state index in [0.29, 0.717) is 24.6 Å². The van der Waals surface area contributed by atoms with Gasteiger partial charge in [0.15, 0.2) is 0 Å². The molecule has 0 radical (unpaired) electrons. The molecule has 1 aliphatic rings. The Hall–Kier alpha value is -1.35. The molecular formula is C18H27NO2. The SMILES string of the molecule is CC(CNC1CCC(C)(C)C1)C(=O)OCc1ccccc1. The summed E-state index contributed by atoms with van der Waals surface area (Å²) >= 11 is 0. The standard InChI is InChI=1S/C18H27NO2/c1-14(12-19-16-9-10-18(2,3)11-16)17(20)21-13-15-7-5-4-6-8-15/h4-8,14,16,19H,9-13H2,1-3H3. The average Bonchev–Trinajstić information content (AvgIpc) is 2.82. The van der Waals surface area contributed by atoms with Crippen LogP contribution in [0.4, 0.5) is 0 Å². The van der Waals surface area contributed by atoms with Gasteiger partial charge in [-0.1, -0.05) is 51.1 Å². The summed E-state index contributed by atoms with van der Waals surface area (Å²) in [4.78, 5) is 12.0.